The Labute approximate surface area is 151 Å². The predicted molar refractivity (Wildman–Crippen MR) is 102 cm³/mol. The van der Waals surface area contributed by atoms with E-state index in [9.17, 15) is 10.2 Å². The van der Waals surface area contributed by atoms with E-state index < -0.39 is 0 Å². The van der Waals surface area contributed by atoms with Gasteiger partial charge < -0.3 is 10.2 Å². The van der Waals surface area contributed by atoms with Crippen molar-refractivity contribution in [3.63, 3.8) is 0 Å². The molecule has 0 aliphatic carbocycles. The number of hydrogen-bond donors (Lipinski definition) is 2. The van der Waals surface area contributed by atoms with Crippen molar-refractivity contribution in [2.45, 2.75) is 0 Å². The summed E-state index contributed by atoms with van der Waals surface area (Å²) in [5, 5.41) is 19.9. The van der Waals surface area contributed by atoms with Crippen LogP contribution in [0.25, 0.3) is 33.6 Å². The first kappa shape index (κ1) is 15.8. The quantitative estimate of drug-likeness (QED) is 0.557. The molecule has 0 unspecified atom stereocenters. The van der Waals surface area contributed by atoms with Gasteiger partial charge in [-0.2, -0.15) is 0 Å². The number of phenols is 2. The lowest BCUT2D eigenvalue weighted by Gasteiger charge is -2.07. The van der Waals surface area contributed by atoms with E-state index in [-0.39, 0.29) is 11.5 Å². The van der Waals surface area contributed by atoms with Gasteiger partial charge in [-0.1, -0.05) is 36.4 Å². The standard InChI is InChI=1S/C22H16N2O2/c25-21-7-3-1-5-17(21)19-11-9-15(13-23-19)16-10-12-20(24-14-16)18-6-2-4-8-22(18)26/h1-14,25-26H. The third-order valence-corrected chi connectivity index (χ3v) is 4.22. The summed E-state index contributed by atoms with van der Waals surface area (Å²) in [6.07, 6.45) is 3.52. The summed E-state index contributed by atoms with van der Waals surface area (Å²) in [5.41, 5.74) is 4.69. The number of hydrogen-bond acceptors (Lipinski definition) is 4. The number of nitrogens with zero attached hydrogens (tertiary/aromatic N) is 2. The summed E-state index contributed by atoms with van der Waals surface area (Å²) in [5.74, 6) is 0.419. The number of aromatic hydroxyl groups is 2. The molecule has 4 heteroatoms. The Kier molecular flexibility index (Phi) is 4.07. The molecule has 0 aliphatic heterocycles. The average Bonchev–Trinajstić information content (AvgIpc) is 2.69. The smallest absolute Gasteiger partial charge is 0.124 e. The Hall–Kier alpha value is -3.66. The predicted octanol–water partition coefficient (Wildman–Crippen LogP) is 4.89. The van der Waals surface area contributed by atoms with E-state index in [1.54, 1.807) is 36.7 Å². The molecule has 0 bridgehead atoms. The van der Waals surface area contributed by atoms with Gasteiger partial charge in [0.1, 0.15) is 11.5 Å². The van der Waals surface area contributed by atoms with Crippen molar-refractivity contribution in [3.8, 4) is 45.1 Å². The molecule has 4 nitrogen and oxygen atoms in total. The minimum atomic E-state index is 0.210. The lowest BCUT2D eigenvalue weighted by Crippen LogP contribution is -1.88. The summed E-state index contributed by atoms with van der Waals surface area (Å²) >= 11 is 0. The largest absolute Gasteiger partial charge is 0.507 e. The third-order valence-electron chi connectivity index (χ3n) is 4.22. The molecular formula is C22H16N2O2. The summed E-state index contributed by atoms with van der Waals surface area (Å²) in [6, 6.07) is 21.9. The number of benzene rings is 2. The summed E-state index contributed by atoms with van der Waals surface area (Å²) in [4.78, 5) is 8.91. The monoisotopic (exact) mass is 340 g/mol. The van der Waals surface area contributed by atoms with Crippen LogP contribution in [-0.2, 0) is 0 Å². The van der Waals surface area contributed by atoms with Crippen LogP contribution < -0.4 is 0 Å². The third kappa shape index (κ3) is 3.00. The molecule has 2 N–H and O–H groups in total. The van der Waals surface area contributed by atoms with E-state index in [0.29, 0.717) is 22.5 Å². The van der Waals surface area contributed by atoms with Crippen molar-refractivity contribution in [1.82, 2.24) is 9.97 Å². The lowest BCUT2D eigenvalue weighted by atomic mass is 10.1. The van der Waals surface area contributed by atoms with E-state index in [2.05, 4.69) is 9.97 Å². The Bertz CT molecular complexity index is 955. The van der Waals surface area contributed by atoms with Gasteiger partial charge in [0.25, 0.3) is 0 Å². The first-order chi connectivity index (χ1) is 12.7. The second-order valence-corrected chi connectivity index (χ2v) is 5.90. The first-order valence-corrected chi connectivity index (χ1v) is 8.21. The molecule has 2 aromatic carbocycles. The summed E-state index contributed by atoms with van der Waals surface area (Å²) in [7, 11) is 0. The maximum absolute atomic E-state index is 9.94. The van der Waals surface area contributed by atoms with E-state index in [0.717, 1.165) is 11.1 Å². The Morgan fingerprint density at radius 3 is 1.27 bits per heavy atom. The molecular weight excluding hydrogens is 324 g/mol. The molecule has 0 fully saturated rings. The maximum atomic E-state index is 9.94. The molecule has 0 spiro atoms. The molecule has 26 heavy (non-hydrogen) atoms. The lowest BCUT2D eigenvalue weighted by molar-refractivity contribution is 0.476. The Morgan fingerprint density at radius 2 is 0.923 bits per heavy atom. The van der Waals surface area contributed by atoms with Crippen LogP contribution in [0.5, 0.6) is 11.5 Å². The molecule has 2 aromatic heterocycles. The zero-order valence-electron chi connectivity index (χ0n) is 13.9. The summed E-state index contributed by atoms with van der Waals surface area (Å²) < 4.78 is 0. The van der Waals surface area contributed by atoms with Gasteiger partial charge in [0.2, 0.25) is 0 Å². The molecule has 0 saturated heterocycles. The SMILES string of the molecule is Oc1ccccc1-c1ccc(-c2ccc(-c3ccccc3O)nc2)cn1. The molecule has 0 saturated carbocycles. The van der Waals surface area contributed by atoms with Crippen LogP contribution in [0.4, 0.5) is 0 Å². The highest BCUT2D eigenvalue weighted by Crippen LogP contribution is 2.30. The number of rotatable bonds is 3. The Balaban J connectivity index is 1.62. The molecule has 4 aromatic rings. The van der Waals surface area contributed by atoms with Gasteiger partial charge in [0, 0.05) is 34.6 Å². The van der Waals surface area contributed by atoms with Gasteiger partial charge in [-0.15, -0.1) is 0 Å². The van der Waals surface area contributed by atoms with Crippen molar-refractivity contribution in [3.05, 3.63) is 85.2 Å². The van der Waals surface area contributed by atoms with E-state index >= 15 is 0 Å². The van der Waals surface area contributed by atoms with Gasteiger partial charge in [0.05, 0.1) is 11.4 Å². The zero-order chi connectivity index (χ0) is 17.9. The maximum Gasteiger partial charge on any atom is 0.124 e. The van der Waals surface area contributed by atoms with Crippen LogP contribution in [0, 0.1) is 0 Å². The Morgan fingerprint density at radius 1 is 0.500 bits per heavy atom. The van der Waals surface area contributed by atoms with Crippen LogP contribution in [0.2, 0.25) is 0 Å². The van der Waals surface area contributed by atoms with Crippen LogP contribution in [0.3, 0.4) is 0 Å². The van der Waals surface area contributed by atoms with Crippen LogP contribution in [0.1, 0.15) is 0 Å². The van der Waals surface area contributed by atoms with Crippen molar-refractivity contribution < 1.29 is 10.2 Å². The van der Waals surface area contributed by atoms with E-state index in [1.807, 2.05) is 48.5 Å². The number of pyridine rings is 2. The fourth-order valence-electron chi connectivity index (χ4n) is 2.83. The average molecular weight is 340 g/mol. The topological polar surface area (TPSA) is 66.2 Å². The summed E-state index contributed by atoms with van der Waals surface area (Å²) in [6.45, 7) is 0. The van der Waals surface area contributed by atoms with Gasteiger partial charge >= 0.3 is 0 Å². The van der Waals surface area contributed by atoms with Crippen LogP contribution >= 0.6 is 0 Å². The van der Waals surface area contributed by atoms with E-state index in [1.165, 1.54) is 0 Å². The first-order valence-electron chi connectivity index (χ1n) is 8.21. The number of para-hydroxylation sites is 2. The molecule has 0 radical (unpaired) electrons. The molecule has 4 rings (SSSR count). The number of phenolic OH excluding ortho intramolecular Hbond substituents is 2. The minimum Gasteiger partial charge on any atom is -0.507 e. The van der Waals surface area contributed by atoms with Gasteiger partial charge in [-0.05, 0) is 36.4 Å². The highest BCUT2D eigenvalue weighted by Gasteiger charge is 2.07. The van der Waals surface area contributed by atoms with Crippen molar-refractivity contribution in [2.75, 3.05) is 0 Å². The van der Waals surface area contributed by atoms with Gasteiger partial charge in [-0.3, -0.25) is 9.97 Å². The molecule has 126 valence electrons. The van der Waals surface area contributed by atoms with Gasteiger partial charge in [0.15, 0.2) is 0 Å². The van der Waals surface area contributed by atoms with Crippen molar-refractivity contribution in [2.24, 2.45) is 0 Å². The van der Waals surface area contributed by atoms with Crippen LogP contribution in [0.15, 0.2) is 85.2 Å². The second kappa shape index (κ2) is 6.69. The fourth-order valence-corrected chi connectivity index (χ4v) is 2.83. The highest BCUT2D eigenvalue weighted by molar-refractivity contribution is 5.72. The second-order valence-electron chi connectivity index (χ2n) is 5.90. The minimum absolute atomic E-state index is 0.210. The van der Waals surface area contributed by atoms with Gasteiger partial charge in [-0.25, -0.2) is 0 Å². The molecule has 0 amide bonds. The molecule has 0 atom stereocenters. The highest BCUT2D eigenvalue weighted by atomic mass is 16.3. The normalized spacial score (nSPS) is 10.6. The van der Waals surface area contributed by atoms with E-state index in [4.69, 9.17) is 0 Å². The molecule has 2 heterocycles. The fraction of sp³-hybridized carbons (Fsp3) is 0. The van der Waals surface area contributed by atoms with Crippen molar-refractivity contribution in [1.29, 1.82) is 0 Å². The number of aromatic nitrogens is 2. The molecule has 0 aliphatic rings. The van der Waals surface area contributed by atoms with Crippen molar-refractivity contribution >= 4 is 0 Å². The zero-order valence-corrected chi connectivity index (χ0v) is 13.9. The van der Waals surface area contributed by atoms with Crippen LogP contribution in [-0.4, -0.2) is 20.2 Å².